The number of aryl methyl sites for hydroxylation is 1. The van der Waals surface area contributed by atoms with Gasteiger partial charge in [-0.1, -0.05) is 30.3 Å². The maximum absolute atomic E-state index is 12.6. The molecule has 3 rings (SSSR count). The number of hydrogen-bond acceptors (Lipinski definition) is 7. The van der Waals surface area contributed by atoms with Crippen molar-refractivity contribution in [2.24, 2.45) is 0 Å². The fourth-order valence-corrected chi connectivity index (χ4v) is 3.86. The molecule has 1 amide bonds. The van der Waals surface area contributed by atoms with Crippen molar-refractivity contribution in [1.29, 1.82) is 0 Å². The second-order valence-corrected chi connectivity index (χ2v) is 8.62. The van der Waals surface area contributed by atoms with Crippen molar-refractivity contribution in [3.8, 4) is 5.75 Å². The molecule has 1 N–H and O–H groups in total. The molecule has 0 unspecified atom stereocenters. The fourth-order valence-electron chi connectivity index (χ4n) is 2.89. The third kappa shape index (κ3) is 5.58. The molecule has 0 saturated heterocycles. The van der Waals surface area contributed by atoms with Crippen LogP contribution in [0.15, 0.2) is 65.7 Å². The normalized spacial score (nSPS) is 11.1. The lowest BCUT2D eigenvalue weighted by Crippen LogP contribution is -2.31. The molecule has 0 aliphatic carbocycles. The van der Waals surface area contributed by atoms with E-state index >= 15 is 0 Å². The zero-order valence-corrected chi connectivity index (χ0v) is 18.4. The second kappa shape index (κ2) is 9.57. The molecule has 0 aliphatic rings. The standard InChI is InChI=1S/C22H24N4O4S/c1-16-20(21(27)25-31(28,29)19-11-9-18(30-3)10-12-19)15-23-22(24-16)26(2)14-13-17-7-5-4-6-8-17/h4-12,15H,13-14H2,1-3H3,(H,25,27). The lowest BCUT2D eigenvalue weighted by molar-refractivity contribution is 0.0980. The van der Waals surface area contributed by atoms with Gasteiger partial charge in [0.25, 0.3) is 15.9 Å². The highest BCUT2D eigenvalue weighted by Crippen LogP contribution is 2.17. The number of carbonyl (C=O) groups excluding carboxylic acids is 1. The van der Waals surface area contributed by atoms with Crippen molar-refractivity contribution < 1.29 is 17.9 Å². The summed E-state index contributed by atoms with van der Waals surface area (Å²) in [7, 11) is -0.687. The van der Waals surface area contributed by atoms with Crippen molar-refractivity contribution in [2.45, 2.75) is 18.2 Å². The molecular formula is C22H24N4O4S. The van der Waals surface area contributed by atoms with E-state index in [0.717, 1.165) is 6.42 Å². The molecule has 0 aliphatic heterocycles. The predicted octanol–water partition coefficient (Wildman–Crippen LogP) is 2.59. The molecule has 3 aromatic rings. The quantitative estimate of drug-likeness (QED) is 0.574. The van der Waals surface area contributed by atoms with Crippen molar-refractivity contribution in [3.05, 3.63) is 77.6 Å². The van der Waals surface area contributed by atoms with Crippen LogP contribution in [0.3, 0.4) is 0 Å². The fraction of sp³-hybridized carbons (Fsp3) is 0.227. The number of ether oxygens (including phenoxy) is 1. The molecule has 8 nitrogen and oxygen atoms in total. The number of sulfonamides is 1. The van der Waals surface area contributed by atoms with E-state index in [1.165, 1.54) is 43.1 Å². The maximum atomic E-state index is 12.6. The Morgan fingerprint density at radius 2 is 1.77 bits per heavy atom. The average molecular weight is 441 g/mol. The Balaban J connectivity index is 1.69. The molecule has 2 aromatic carbocycles. The molecule has 0 saturated carbocycles. The summed E-state index contributed by atoms with van der Waals surface area (Å²) in [6, 6.07) is 15.8. The molecule has 0 radical (unpaired) electrons. The summed E-state index contributed by atoms with van der Waals surface area (Å²) in [5.74, 6) is 0.191. The molecule has 1 aromatic heterocycles. The molecule has 31 heavy (non-hydrogen) atoms. The summed E-state index contributed by atoms with van der Waals surface area (Å²) in [5.41, 5.74) is 1.68. The summed E-state index contributed by atoms with van der Waals surface area (Å²) in [6.45, 7) is 2.34. The maximum Gasteiger partial charge on any atom is 0.268 e. The number of carbonyl (C=O) groups is 1. The van der Waals surface area contributed by atoms with E-state index in [1.54, 1.807) is 6.92 Å². The van der Waals surface area contributed by atoms with E-state index in [-0.39, 0.29) is 10.5 Å². The summed E-state index contributed by atoms with van der Waals surface area (Å²) >= 11 is 0. The van der Waals surface area contributed by atoms with Crippen LogP contribution in [-0.2, 0) is 16.4 Å². The second-order valence-electron chi connectivity index (χ2n) is 6.94. The van der Waals surface area contributed by atoms with Crippen LogP contribution in [-0.4, -0.2) is 45.0 Å². The minimum absolute atomic E-state index is 0.0440. The smallest absolute Gasteiger partial charge is 0.268 e. The molecular weight excluding hydrogens is 416 g/mol. The highest BCUT2D eigenvalue weighted by molar-refractivity contribution is 7.90. The number of rotatable bonds is 8. The van der Waals surface area contributed by atoms with E-state index in [2.05, 4.69) is 26.8 Å². The number of nitrogens with one attached hydrogen (secondary N) is 1. The molecule has 0 bridgehead atoms. The van der Waals surface area contributed by atoms with E-state index in [0.29, 0.717) is 23.9 Å². The summed E-state index contributed by atoms with van der Waals surface area (Å²) in [5, 5.41) is 0. The minimum atomic E-state index is -4.04. The van der Waals surface area contributed by atoms with E-state index < -0.39 is 15.9 Å². The van der Waals surface area contributed by atoms with E-state index in [9.17, 15) is 13.2 Å². The van der Waals surface area contributed by atoms with Crippen LogP contribution in [0, 0.1) is 6.92 Å². The van der Waals surface area contributed by atoms with Crippen LogP contribution >= 0.6 is 0 Å². The zero-order valence-electron chi connectivity index (χ0n) is 17.6. The van der Waals surface area contributed by atoms with Gasteiger partial charge >= 0.3 is 0 Å². The van der Waals surface area contributed by atoms with Crippen molar-refractivity contribution in [1.82, 2.24) is 14.7 Å². The lowest BCUT2D eigenvalue weighted by Gasteiger charge is -2.18. The molecule has 9 heteroatoms. The molecule has 162 valence electrons. The Kier molecular flexibility index (Phi) is 6.86. The predicted molar refractivity (Wildman–Crippen MR) is 118 cm³/mol. The highest BCUT2D eigenvalue weighted by atomic mass is 32.2. The average Bonchev–Trinajstić information content (AvgIpc) is 2.77. The SMILES string of the molecule is COc1ccc(S(=O)(=O)NC(=O)c2cnc(N(C)CCc3ccccc3)nc2C)cc1. The molecule has 0 spiro atoms. The van der Waals surface area contributed by atoms with Crippen molar-refractivity contribution in [2.75, 3.05) is 25.6 Å². The summed E-state index contributed by atoms with van der Waals surface area (Å²) in [4.78, 5) is 23.0. The highest BCUT2D eigenvalue weighted by Gasteiger charge is 2.21. The lowest BCUT2D eigenvalue weighted by atomic mass is 10.1. The van der Waals surface area contributed by atoms with Crippen LogP contribution in [0.1, 0.15) is 21.6 Å². The van der Waals surface area contributed by atoms with Gasteiger partial charge in [-0.2, -0.15) is 0 Å². The first-order valence-electron chi connectivity index (χ1n) is 9.60. The number of hydrogen-bond donors (Lipinski definition) is 1. The number of benzene rings is 2. The molecule has 0 atom stereocenters. The van der Waals surface area contributed by atoms with Crippen molar-refractivity contribution >= 4 is 21.9 Å². The number of amides is 1. The van der Waals surface area contributed by atoms with E-state index in [1.807, 2.05) is 30.1 Å². The Morgan fingerprint density at radius 3 is 2.39 bits per heavy atom. The van der Waals surface area contributed by atoms with Gasteiger partial charge in [-0.25, -0.2) is 23.1 Å². The first-order chi connectivity index (χ1) is 14.8. The third-order valence-corrected chi connectivity index (χ3v) is 6.08. The number of nitrogens with zero attached hydrogens (tertiary/aromatic N) is 3. The van der Waals surface area contributed by atoms with Gasteiger partial charge in [0.05, 0.1) is 23.3 Å². The topological polar surface area (TPSA) is 101 Å². The van der Waals surface area contributed by atoms with Gasteiger partial charge in [0.1, 0.15) is 5.75 Å². The number of aromatic nitrogens is 2. The third-order valence-electron chi connectivity index (χ3n) is 4.73. The number of anilines is 1. The van der Waals surface area contributed by atoms with Gasteiger partial charge in [0.2, 0.25) is 5.95 Å². The van der Waals surface area contributed by atoms with Gasteiger partial charge in [-0.3, -0.25) is 4.79 Å². The van der Waals surface area contributed by atoms with Gasteiger partial charge in [-0.05, 0) is 43.2 Å². The van der Waals surface area contributed by atoms with E-state index in [4.69, 9.17) is 4.74 Å². The Bertz CT molecular complexity index is 1150. The Labute approximate surface area is 182 Å². The zero-order chi connectivity index (χ0) is 22.4. The van der Waals surface area contributed by atoms with Crippen LogP contribution in [0.25, 0.3) is 0 Å². The van der Waals surface area contributed by atoms with Crippen LogP contribution in [0.2, 0.25) is 0 Å². The van der Waals surface area contributed by atoms with Gasteiger partial charge in [0, 0.05) is 19.8 Å². The van der Waals surface area contributed by atoms with Gasteiger partial charge in [-0.15, -0.1) is 0 Å². The first kappa shape index (κ1) is 22.2. The van der Waals surface area contributed by atoms with Gasteiger partial charge in [0.15, 0.2) is 0 Å². The molecule has 1 heterocycles. The Hall–Kier alpha value is -3.46. The Morgan fingerprint density at radius 1 is 1.10 bits per heavy atom. The number of methoxy groups -OCH3 is 1. The van der Waals surface area contributed by atoms with Gasteiger partial charge < -0.3 is 9.64 Å². The van der Waals surface area contributed by atoms with Crippen LogP contribution in [0.5, 0.6) is 5.75 Å². The molecule has 0 fully saturated rings. The summed E-state index contributed by atoms with van der Waals surface area (Å²) < 4.78 is 32.1. The van der Waals surface area contributed by atoms with Crippen LogP contribution in [0.4, 0.5) is 5.95 Å². The van der Waals surface area contributed by atoms with Crippen LogP contribution < -0.4 is 14.4 Å². The summed E-state index contributed by atoms with van der Waals surface area (Å²) in [6.07, 6.45) is 2.16. The number of likely N-dealkylation sites (N-methyl/N-ethyl adjacent to an activating group) is 1. The largest absolute Gasteiger partial charge is 0.497 e. The van der Waals surface area contributed by atoms with Crippen molar-refractivity contribution in [3.63, 3.8) is 0 Å². The first-order valence-corrected chi connectivity index (χ1v) is 11.1. The minimum Gasteiger partial charge on any atom is -0.497 e. The monoisotopic (exact) mass is 440 g/mol.